The van der Waals surface area contributed by atoms with Crippen LogP contribution in [0.25, 0.3) is 0 Å². The number of nitrogens with zero attached hydrogens (tertiary/aromatic N) is 1. The lowest BCUT2D eigenvalue weighted by atomic mass is 10.0. The van der Waals surface area contributed by atoms with Crippen LogP contribution in [0.5, 0.6) is 5.75 Å². The summed E-state index contributed by atoms with van der Waals surface area (Å²) in [5.41, 5.74) is 2.30. The van der Waals surface area contributed by atoms with Gasteiger partial charge in [0.2, 0.25) is 5.91 Å². The molecule has 168 valence electrons. The SMILES string of the molecule is COc1cc(NC(=O)[C@H](NC(=O)c2ccccc2)c2ccccc2)ccc1N1CCCC1=O. The third-order valence-electron chi connectivity index (χ3n) is 5.52. The maximum atomic E-state index is 13.2. The maximum Gasteiger partial charge on any atom is 0.252 e. The van der Waals surface area contributed by atoms with Gasteiger partial charge >= 0.3 is 0 Å². The van der Waals surface area contributed by atoms with Gasteiger partial charge in [-0.15, -0.1) is 0 Å². The van der Waals surface area contributed by atoms with Crippen molar-refractivity contribution >= 4 is 29.1 Å². The first-order chi connectivity index (χ1) is 16.1. The van der Waals surface area contributed by atoms with Crippen LogP contribution in [0.1, 0.15) is 34.8 Å². The van der Waals surface area contributed by atoms with Crippen molar-refractivity contribution in [1.29, 1.82) is 0 Å². The van der Waals surface area contributed by atoms with Crippen LogP contribution in [0.2, 0.25) is 0 Å². The minimum Gasteiger partial charge on any atom is -0.494 e. The molecule has 1 aliphatic rings. The van der Waals surface area contributed by atoms with Crippen LogP contribution in [-0.2, 0) is 9.59 Å². The normalized spacial score (nSPS) is 14.0. The summed E-state index contributed by atoms with van der Waals surface area (Å²) in [6, 6.07) is 22.1. The van der Waals surface area contributed by atoms with Gasteiger partial charge in [-0.3, -0.25) is 14.4 Å². The number of benzene rings is 3. The van der Waals surface area contributed by atoms with Gasteiger partial charge in [0.15, 0.2) is 0 Å². The third kappa shape index (κ3) is 5.03. The molecule has 4 rings (SSSR count). The van der Waals surface area contributed by atoms with Gasteiger partial charge in [0.25, 0.3) is 11.8 Å². The highest BCUT2D eigenvalue weighted by Crippen LogP contribution is 2.34. The Hall–Kier alpha value is -4.13. The number of ether oxygens (including phenoxy) is 1. The molecular weight excluding hydrogens is 418 g/mol. The molecule has 2 N–H and O–H groups in total. The molecule has 7 heteroatoms. The Kier molecular flexibility index (Phi) is 6.69. The van der Waals surface area contributed by atoms with Crippen LogP contribution in [0.4, 0.5) is 11.4 Å². The zero-order valence-electron chi connectivity index (χ0n) is 18.3. The first-order valence-corrected chi connectivity index (χ1v) is 10.8. The molecular formula is C26H25N3O4. The topological polar surface area (TPSA) is 87.7 Å². The van der Waals surface area contributed by atoms with E-state index in [0.717, 1.165) is 6.42 Å². The summed E-state index contributed by atoms with van der Waals surface area (Å²) in [6.45, 7) is 0.641. The largest absolute Gasteiger partial charge is 0.494 e. The van der Waals surface area contributed by atoms with Gasteiger partial charge < -0.3 is 20.3 Å². The van der Waals surface area contributed by atoms with Crippen molar-refractivity contribution in [3.05, 3.63) is 90.0 Å². The molecule has 0 radical (unpaired) electrons. The van der Waals surface area contributed by atoms with Gasteiger partial charge in [-0.2, -0.15) is 0 Å². The fraction of sp³-hybridized carbons (Fsp3) is 0.192. The van der Waals surface area contributed by atoms with Crippen LogP contribution < -0.4 is 20.3 Å². The number of anilines is 2. The van der Waals surface area contributed by atoms with Gasteiger partial charge in [-0.05, 0) is 36.2 Å². The fourth-order valence-electron chi connectivity index (χ4n) is 3.85. The number of carbonyl (C=O) groups excluding carboxylic acids is 3. The van der Waals surface area contributed by atoms with Crippen LogP contribution in [-0.4, -0.2) is 31.4 Å². The van der Waals surface area contributed by atoms with Crippen LogP contribution in [0.3, 0.4) is 0 Å². The van der Waals surface area contributed by atoms with Crippen LogP contribution >= 0.6 is 0 Å². The van der Waals surface area contributed by atoms with Crippen molar-refractivity contribution in [2.24, 2.45) is 0 Å². The number of amides is 3. The van der Waals surface area contributed by atoms with Crippen molar-refractivity contribution < 1.29 is 19.1 Å². The number of carbonyl (C=O) groups is 3. The lowest BCUT2D eigenvalue weighted by Gasteiger charge is -2.21. The van der Waals surface area contributed by atoms with E-state index in [0.29, 0.717) is 41.2 Å². The molecule has 1 fully saturated rings. The molecule has 0 unspecified atom stereocenters. The van der Waals surface area contributed by atoms with E-state index in [4.69, 9.17) is 4.74 Å². The first kappa shape index (κ1) is 22.1. The Morgan fingerprint density at radius 2 is 1.67 bits per heavy atom. The Morgan fingerprint density at radius 1 is 0.970 bits per heavy atom. The summed E-state index contributed by atoms with van der Waals surface area (Å²) in [6.07, 6.45) is 1.32. The Bertz CT molecular complexity index is 1150. The van der Waals surface area contributed by atoms with Gasteiger partial charge in [0.1, 0.15) is 11.8 Å². The minimum absolute atomic E-state index is 0.0536. The predicted molar refractivity (Wildman–Crippen MR) is 126 cm³/mol. The van der Waals surface area contributed by atoms with Crippen molar-refractivity contribution in [3.63, 3.8) is 0 Å². The number of hydrogen-bond donors (Lipinski definition) is 2. The quantitative estimate of drug-likeness (QED) is 0.579. The highest BCUT2D eigenvalue weighted by Gasteiger charge is 2.26. The predicted octanol–water partition coefficient (Wildman–Crippen LogP) is 3.93. The van der Waals surface area contributed by atoms with E-state index in [9.17, 15) is 14.4 Å². The number of methoxy groups -OCH3 is 1. The average Bonchev–Trinajstić information content (AvgIpc) is 3.28. The lowest BCUT2D eigenvalue weighted by Crippen LogP contribution is -2.37. The average molecular weight is 444 g/mol. The lowest BCUT2D eigenvalue weighted by molar-refractivity contribution is -0.118. The Morgan fingerprint density at radius 3 is 2.30 bits per heavy atom. The highest BCUT2D eigenvalue weighted by atomic mass is 16.5. The summed E-state index contributed by atoms with van der Waals surface area (Å²) in [7, 11) is 1.53. The van der Waals surface area contributed by atoms with E-state index in [1.165, 1.54) is 7.11 Å². The standard InChI is InChI=1S/C26H25N3O4/c1-33-22-17-20(14-15-21(22)29-16-8-13-23(29)30)27-26(32)24(18-9-4-2-5-10-18)28-25(31)19-11-6-3-7-12-19/h2-7,9-12,14-15,17,24H,8,13,16H2,1H3,(H,27,32)(H,28,31)/t24-/m1/s1. The minimum atomic E-state index is -0.898. The number of hydrogen-bond acceptors (Lipinski definition) is 4. The molecule has 3 amide bonds. The van der Waals surface area contributed by atoms with Gasteiger partial charge in [0.05, 0.1) is 12.8 Å². The molecule has 0 saturated carbocycles. The number of nitrogens with one attached hydrogen (secondary N) is 2. The Balaban J connectivity index is 1.56. The first-order valence-electron chi connectivity index (χ1n) is 10.8. The van der Waals surface area contributed by atoms with Gasteiger partial charge in [-0.25, -0.2) is 0 Å². The zero-order chi connectivity index (χ0) is 23.2. The molecule has 1 aliphatic heterocycles. The maximum absolute atomic E-state index is 13.2. The molecule has 1 saturated heterocycles. The van der Waals surface area contributed by atoms with Gasteiger partial charge in [0, 0.05) is 30.3 Å². The van der Waals surface area contributed by atoms with Gasteiger partial charge in [-0.1, -0.05) is 48.5 Å². The van der Waals surface area contributed by atoms with Crippen molar-refractivity contribution in [3.8, 4) is 5.75 Å². The monoisotopic (exact) mass is 443 g/mol. The molecule has 33 heavy (non-hydrogen) atoms. The molecule has 0 spiro atoms. The molecule has 1 heterocycles. The molecule has 1 atom stereocenters. The third-order valence-corrected chi connectivity index (χ3v) is 5.52. The van der Waals surface area contributed by atoms with Crippen molar-refractivity contribution in [2.45, 2.75) is 18.9 Å². The summed E-state index contributed by atoms with van der Waals surface area (Å²) < 4.78 is 5.48. The smallest absolute Gasteiger partial charge is 0.252 e. The van der Waals surface area contributed by atoms with E-state index in [1.807, 2.05) is 24.3 Å². The summed E-state index contributed by atoms with van der Waals surface area (Å²) in [5, 5.41) is 5.69. The molecule has 0 bridgehead atoms. The van der Waals surface area contributed by atoms with Crippen molar-refractivity contribution in [1.82, 2.24) is 5.32 Å². The van der Waals surface area contributed by atoms with E-state index in [1.54, 1.807) is 59.5 Å². The molecule has 3 aromatic rings. The van der Waals surface area contributed by atoms with Crippen LogP contribution in [0.15, 0.2) is 78.9 Å². The highest BCUT2D eigenvalue weighted by molar-refractivity contribution is 6.02. The van der Waals surface area contributed by atoms with E-state index in [-0.39, 0.29) is 11.8 Å². The summed E-state index contributed by atoms with van der Waals surface area (Å²) >= 11 is 0. The summed E-state index contributed by atoms with van der Waals surface area (Å²) in [4.78, 5) is 39.8. The molecule has 3 aromatic carbocycles. The summed E-state index contributed by atoms with van der Waals surface area (Å²) in [5.74, 6) is -0.192. The van der Waals surface area contributed by atoms with Crippen molar-refractivity contribution in [2.75, 3.05) is 23.9 Å². The van der Waals surface area contributed by atoms with E-state index < -0.39 is 11.9 Å². The molecule has 7 nitrogen and oxygen atoms in total. The second-order valence-electron chi connectivity index (χ2n) is 7.71. The fourth-order valence-corrected chi connectivity index (χ4v) is 3.85. The second kappa shape index (κ2) is 9.99. The van der Waals surface area contributed by atoms with Crippen LogP contribution in [0, 0.1) is 0 Å². The molecule has 0 aromatic heterocycles. The van der Waals surface area contributed by atoms with E-state index in [2.05, 4.69) is 10.6 Å². The zero-order valence-corrected chi connectivity index (χ0v) is 18.3. The Labute approximate surface area is 192 Å². The second-order valence-corrected chi connectivity index (χ2v) is 7.71. The molecule has 0 aliphatic carbocycles. The van der Waals surface area contributed by atoms with E-state index >= 15 is 0 Å². The number of rotatable bonds is 7.